The number of rotatable bonds is 3. The van der Waals surface area contributed by atoms with Crippen molar-refractivity contribution in [3.63, 3.8) is 0 Å². The zero-order chi connectivity index (χ0) is 8.97. The zero-order valence-corrected chi connectivity index (χ0v) is 7.71. The van der Waals surface area contributed by atoms with Crippen LogP contribution in [0.2, 0.25) is 0 Å². The van der Waals surface area contributed by atoms with Gasteiger partial charge in [-0.2, -0.15) is 0 Å². The second kappa shape index (κ2) is 4.27. The van der Waals surface area contributed by atoms with Crippen LogP contribution in [0.3, 0.4) is 0 Å². The van der Waals surface area contributed by atoms with E-state index in [2.05, 4.69) is 9.97 Å². The van der Waals surface area contributed by atoms with Gasteiger partial charge in [-0.1, -0.05) is 0 Å². The predicted molar refractivity (Wildman–Crippen MR) is 50.8 cm³/mol. The maximum absolute atomic E-state index is 5.58. The second-order valence-corrected chi connectivity index (χ2v) is 3.54. The number of aromatic nitrogens is 2. The van der Waals surface area contributed by atoms with Crippen LogP contribution in [0.15, 0.2) is 17.4 Å². The van der Waals surface area contributed by atoms with Crippen LogP contribution >= 0.6 is 11.8 Å². The lowest BCUT2D eigenvalue weighted by molar-refractivity contribution is 0.845. The number of nitrogen functional groups attached to an aromatic ring is 1. The van der Waals surface area contributed by atoms with Gasteiger partial charge in [-0.25, -0.2) is 9.97 Å². The third-order valence-corrected chi connectivity index (χ3v) is 2.45. The summed E-state index contributed by atoms with van der Waals surface area (Å²) in [5.74, 6) is 1.28. The average molecular weight is 184 g/mol. The molecule has 66 valence electrons. The van der Waals surface area contributed by atoms with Gasteiger partial charge in [0.25, 0.3) is 0 Å². The standard InChI is InChI=1S/C7H12N4S/c1-5(8)4-12-7-6(9)10-2-3-11-7/h2-3,5H,4,8H2,1H3,(H2,9,10). The number of hydrogen-bond donors (Lipinski definition) is 2. The molecule has 0 aliphatic heterocycles. The third-order valence-electron chi connectivity index (χ3n) is 1.17. The van der Waals surface area contributed by atoms with Crippen LogP contribution in [0.5, 0.6) is 0 Å². The fourth-order valence-electron chi connectivity index (χ4n) is 0.658. The van der Waals surface area contributed by atoms with Crippen LogP contribution in [0.4, 0.5) is 5.82 Å². The molecule has 0 fully saturated rings. The Morgan fingerprint density at radius 2 is 2.17 bits per heavy atom. The van der Waals surface area contributed by atoms with E-state index in [-0.39, 0.29) is 6.04 Å². The molecule has 5 heteroatoms. The molecule has 4 nitrogen and oxygen atoms in total. The van der Waals surface area contributed by atoms with Gasteiger partial charge in [0.15, 0.2) is 5.82 Å². The lowest BCUT2D eigenvalue weighted by Gasteiger charge is -2.04. The van der Waals surface area contributed by atoms with Gasteiger partial charge in [0, 0.05) is 24.2 Å². The molecule has 0 amide bonds. The first-order valence-electron chi connectivity index (χ1n) is 3.65. The van der Waals surface area contributed by atoms with E-state index in [1.807, 2.05) is 6.92 Å². The molecule has 1 aromatic heterocycles. The number of hydrogen-bond acceptors (Lipinski definition) is 5. The summed E-state index contributed by atoms with van der Waals surface area (Å²) in [7, 11) is 0. The maximum Gasteiger partial charge on any atom is 0.156 e. The Kier molecular flexibility index (Phi) is 3.31. The highest BCUT2D eigenvalue weighted by atomic mass is 32.2. The van der Waals surface area contributed by atoms with Crippen molar-refractivity contribution in [3.8, 4) is 0 Å². The smallest absolute Gasteiger partial charge is 0.156 e. The molecule has 0 saturated carbocycles. The van der Waals surface area contributed by atoms with E-state index >= 15 is 0 Å². The van der Waals surface area contributed by atoms with E-state index in [4.69, 9.17) is 11.5 Å². The fraction of sp³-hybridized carbons (Fsp3) is 0.429. The number of nitrogens with zero attached hydrogens (tertiary/aromatic N) is 2. The minimum Gasteiger partial charge on any atom is -0.381 e. The molecule has 1 atom stereocenters. The molecule has 0 aromatic carbocycles. The van der Waals surface area contributed by atoms with Gasteiger partial charge in [0.1, 0.15) is 5.03 Å². The summed E-state index contributed by atoms with van der Waals surface area (Å²) in [5.41, 5.74) is 11.2. The largest absolute Gasteiger partial charge is 0.381 e. The maximum atomic E-state index is 5.58. The molecule has 0 bridgehead atoms. The van der Waals surface area contributed by atoms with Gasteiger partial charge in [0.2, 0.25) is 0 Å². The first kappa shape index (κ1) is 9.28. The molecular formula is C7H12N4S. The molecule has 0 aliphatic rings. The Morgan fingerprint density at radius 3 is 2.75 bits per heavy atom. The SMILES string of the molecule is CC(N)CSc1nccnc1N. The van der Waals surface area contributed by atoms with Crippen molar-refractivity contribution in [2.24, 2.45) is 5.73 Å². The summed E-state index contributed by atoms with van der Waals surface area (Å²) in [6.07, 6.45) is 3.20. The summed E-state index contributed by atoms with van der Waals surface area (Å²) >= 11 is 1.53. The Morgan fingerprint density at radius 1 is 1.50 bits per heavy atom. The molecule has 1 rings (SSSR count). The molecule has 0 aliphatic carbocycles. The first-order valence-corrected chi connectivity index (χ1v) is 4.63. The fourth-order valence-corrected chi connectivity index (χ4v) is 1.41. The second-order valence-electron chi connectivity index (χ2n) is 2.54. The Balaban J connectivity index is 2.57. The van der Waals surface area contributed by atoms with E-state index in [0.29, 0.717) is 5.82 Å². The van der Waals surface area contributed by atoms with Crippen molar-refractivity contribution in [2.45, 2.75) is 18.0 Å². The van der Waals surface area contributed by atoms with Gasteiger partial charge < -0.3 is 11.5 Å². The third kappa shape index (κ3) is 2.67. The normalized spacial score (nSPS) is 12.8. The minimum absolute atomic E-state index is 0.149. The quantitative estimate of drug-likeness (QED) is 0.669. The Hall–Kier alpha value is -0.810. The Labute approximate surface area is 75.8 Å². The summed E-state index contributed by atoms with van der Waals surface area (Å²) in [5, 5.41) is 0.759. The van der Waals surface area contributed by atoms with Crippen LogP contribution in [0, 0.1) is 0 Å². The molecule has 4 N–H and O–H groups in total. The average Bonchev–Trinajstić information content (AvgIpc) is 2.03. The highest BCUT2D eigenvalue weighted by Gasteiger charge is 2.02. The summed E-state index contributed by atoms with van der Waals surface area (Å²) in [6.45, 7) is 1.94. The van der Waals surface area contributed by atoms with Gasteiger partial charge in [0.05, 0.1) is 0 Å². The van der Waals surface area contributed by atoms with Gasteiger partial charge >= 0.3 is 0 Å². The molecule has 1 aromatic rings. The van der Waals surface area contributed by atoms with Gasteiger partial charge in [-0.05, 0) is 6.92 Å². The van der Waals surface area contributed by atoms with Crippen molar-refractivity contribution in [3.05, 3.63) is 12.4 Å². The number of anilines is 1. The van der Waals surface area contributed by atoms with Crippen molar-refractivity contribution in [1.82, 2.24) is 9.97 Å². The summed E-state index contributed by atoms with van der Waals surface area (Å²) < 4.78 is 0. The van der Waals surface area contributed by atoms with Gasteiger partial charge in [-0.15, -0.1) is 11.8 Å². The molecule has 12 heavy (non-hydrogen) atoms. The van der Waals surface area contributed by atoms with E-state index in [0.717, 1.165) is 10.8 Å². The molecule has 0 radical (unpaired) electrons. The van der Waals surface area contributed by atoms with E-state index in [1.165, 1.54) is 11.8 Å². The topological polar surface area (TPSA) is 77.8 Å². The van der Waals surface area contributed by atoms with Crippen molar-refractivity contribution < 1.29 is 0 Å². The molecule has 0 saturated heterocycles. The van der Waals surface area contributed by atoms with Crippen LogP contribution < -0.4 is 11.5 Å². The van der Waals surface area contributed by atoms with Crippen molar-refractivity contribution in [1.29, 1.82) is 0 Å². The van der Waals surface area contributed by atoms with Crippen molar-refractivity contribution in [2.75, 3.05) is 11.5 Å². The van der Waals surface area contributed by atoms with E-state index < -0.39 is 0 Å². The molecule has 1 unspecified atom stereocenters. The molecule has 0 spiro atoms. The lowest BCUT2D eigenvalue weighted by Crippen LogP contribution is -2.17. The van der Waals surface area contributed by atoms with Crippen molar-refractivity contribution >= 4 is 17.6 Å². The molecule has 1 heterocycles. The predicted octanol–water partition coefficient (Wildman–Crippen LogP) is 0.498. The monoisotopic (exact) mass is 184 g/mol. The van der Waals surface area contributed by atoms with Crippen LogP contribution in [0.1, 0.15) is 6.92 Å². The summed E-state index contributed by atoms with van der Waals surface area (Å²) in [4.78, 5) is 7.98. The van der Waals surface area contributed by atoms with Crippen LogP contribution in [-0.2, 0) is 0 Å². The number of nitrogens with two attached hydrogens (primary N) is 2. The highest BCUT2D eigenvalue weighted by molar-refractivity contribution is 7.99. The van der Waals surface area contributed by atoms with E-state index in [9.17, 15) is 0 Å². The first-order chi connectivity index (χ1) is 5.70. The van der Waals surface area contributed by atoms with Gasteiger partial charge in [-0.3, -0.25) is 0 Å². The summed E-state index contributed by atoms with van der Waals surface area (Å²) in [6, 6.07) is 0.149. The van der Waals surface area contributed by atoms with Crippen LogP contribution in [0.25, 0.3) is 0 Å². The van der Waals surface area contributed by atoms with E-state index in [1.54, 1.807) is 12.4 Å². The Bertz CT molecular complexity index is 251. The van der Waals surface area contributed by atoms with Crippen LogP contribution in [-0.4, -0.2) is 21.8 Å². The number of thioether (sulfide) groups is 1. The minimum atomic E-state index is 0.149. The molecular weight excluding hydrogens is 172 g/mol. The lowest BCUT2D eigenvalue weighted by atomic mass is 10.4. The zero-order valence-electron chi connectivity index (χ0n) is 6.90. The highest BCUT2D eigenvalue weighted by Crippen LogP contribution is 2.19.